The van der Waals surface area contributed by atoms with Crippen molar-refractivity contribution in [2.75, 3.05) is 18.5 Å². The van der Waals surface area contributed by atoms with E-state index in [0.29, 0.717) is 32.0 Å². The van der Waals surface area contributed by atoms with E-state index < -0.39 is 0 Å². The second-order valence-corrected chi connectivity index (χ2v) is 6.27. The first kappa shape index (κ1) is 16.4. The zero-order valence-electron chi connectivity index (χ0n) is 14.2. The molecule has 1 heterocycles. The number of para-hydroxylation sites is 1. The predicted molar refractivity (Wildman–Crippen MR) is 94.9 cm³/mol. The summed E-state index contributed by atoms with van der Waals surface area (Å²) in [4.78, 5) is 12.3. The molecule has 2 aromatic rings. The van der Waals surface area contributed by atoms with Crippen LogP contribution in [0.2, 0.25) is 0 Å². The summed E-state index contributed by atoms with van der Waals surface area (Å²) < 4.78 is 11.1. The Morgan fingerprint density at radius 3 is 2.62 bits per heavy atom. The van der Waals surface area contributed by atoms with Crippen molar-refractivity contribution in [3.8, 4) is 11.5 Å². The maximum Gasteiger partial charge on any atom is 0.224 e. The van der Waals surface area contributed by atoms with Gasteiger partial charge in [-0.1, -0.05) is 38.1 Å². The molecule has 1 amide bonds. The van der Waals surface area contributed by atoms with Crippen LogP contribution in [0.1, 0.15) is 37.3 Å². The molecule has 1 N–H and O–H groups in total. The smallest absolute Gasteiger partial charge is 0.224 e. The molecule has 0 saturated heterocycles. The number of amides is 1. The minimum Gasteiger partial charge on any atom is -0.486 e. The fraction of sp³-hybridized carbons (Fsp3) is 0.350. The number of aryl methyl sites for hydroxylation is 1. The van der Waals surface area contributed by atoms with E-state index in [4.69, 9.17) is 9.47 Å². The van der Waals surface area contributed by atoms with Gasteiger partial charge in [-0.25, -0.2) is 0 Å². The van der Waals surface area contributed by atoms with Crippen LogP contribution in [-0.2, 0) is 11.2 Å². The number of nitrogens with one attached hydrogen (secondary N) is 1. The lowest BCUT2D eigenvalue weighted by atomic mass is 10.0. The Hall–Kier alpha value is -2.49. The van der Waals surface area contributed by atoms with Crippen molar-refractivity contribution in [2.45, 2.75) is 32.6 Å². The van der Waals surface area contributed by atoms with Gasteiger partial charge in [-0.05, 0) is 41.7 Å². The Kier molecular flexibility index (Phi) is 5.04. The molecular formula is C20H23NO3. The molecule has 24 heavy (non-hydrogen) atoms. The Bertz CT molecular complexity index is 725. The van der Waals surface area contributed by atoms with Gasteiger partial charge in [-0.3, -0.25) is 4.79 Å². The van der Waals surface area contributed by atoms with Crippen molar-refractivity contribution in [1.82, 2.24) is 0 Å². The Balaban J connectivity index is 1.60. The molecule has 4 heteroatoms. The lowest BCUT2D eigenvalue weighted by molar-refractivity contribution is -0.116. The van der Waals surface area contributed by atoms with Crippen LogP contribution in [0.25, 0.3) is 0 Å². The van der Waals surface area contributed by atoms with Crippen molar-refractivity contribution >= 4 is 11.6 Å². The third-order valence-corrected chi connectivity index (χ3v) is 4.10. The fourth-order valence-electron chi connectivity index (χ4n) is 2.83. The highest BCUT2D eigenvalue weighted by atomic mass is 16.6. The van der Waals surface area contributed by atoms with E-state index in [9.17, 15) is 4.79 Å². The summed E-state index contributed by atoms with van der Waals surface area (Å²) in [5.74, 6) is 1.95. The SMILES string of the molecule is CC(C)c1ccccc1NC(=O)CCc1ccc2c(c1)OCCO2. The maximum absolute atomic E-state index is 12.3. The van der Waals surface area contributed by atoms with Crippen molar-refractivity contribution in [3.05, 3.63) is 53.6 Å². The van der Waals surface area contributed by atoms with Gasteiger partial charge in [0.05, 0.1) is 0 Å². The standard InChI is InChI=1S/C20H23NO3/c1-14(2)16-5-3-4-6-17(16)21-20(22)10-8-15-7-9-18-19(13-15)24-12-11-23-18/h3-7,9,13-14H,8,10-12H2,1-2H3,(H,21,22). The molecular weight excluding hydrogens is 302 g/mol. The van der Waals surface area contributed by atoms with Crippen LogP contribution < -0.4 is 14.8 Å². The van der Waals surface area contributed by atoms with E-state index in [1.54, 1.807) is 0 Å². The number of carbonyl (C=O) groups is 1. The number of benzene rings is 2. The number of fused-ring (bicyclic) bond motifs is 1. The summed E-state index contributed by atoms with van der Waals surface area (Å²) in [6, 6.07) is 13.8. The monoisotopic (exact) mass is 325 g/mol. The highest BCUT2D eigenvalue weighted by molar-refractivity contribution is 5.91. The van der Waals surface area contributed by atoms with Crippen LogP contribution in [0.15, 0.2) is 42.5 Å². The number of ether oxygens (including phenoxy) is 2. The predicted octanol–water partition coefficient (Wildman–Crippen LogP) is 4.15. The molecule has 3 rings (SSSR count). The second kappa shape index (κ2) is 7.39. The van der Waals surface area contributed by atoms with E-state index >= 15 is 0 Å². The third-order valence-electron chi connectivity index (χ3n) is 4.10. The second-order valence-electron chi connectivity index (χ2n) is 6.27. The quantitative estimate of drug-likeness (QED) is 0.898. The number of hydrogen-bond acceptors (Lipinski definition) is 3. The molecule has 126 valence electrons. The lowest BCUT2D eigenvalue weighted by Gasteiger charge is -2.19. The normalized spacial score (nSPS) is 13.0. The molecule has 4 nitrogen and oxygen atoms in total. The van der Waals surface area contributed by atoms with Crippen molar-refractivity contribution in [1.29, 1.82) is 0 Å². The molecule has 0 aliphatic carbocycles. The van der Waals surface area contributed by atoms with E-state index in [2.05, 4.69) is 25.2 Å². The number of hydrogen-bond donors (Lipinski definition) is 1. The lowest BCUT2D eigenvalue weighted by Crippen LogP contribution is -2.16. The van der Waals surface area contributed by atoms with Gasteiger partial charge in [0.25, 0.3) is 0 Å². The summed E-state index contributed by atoms with van der Waals surface area (Å²) in [5, 5.41) is 3.03. The topological polar surface area (TPSA) is 47.6 Å². The third kappa shape index (κ3) is 3.88. The van der Waals surface area contributed by atoms with E-state index in [1.165, 1.54) is 0 Å². The molecule has 0 saturated carbocycles. The van der Waals surface area contributed by atoms with Gasteiger partial charge in [0.2, 0.25) is 5.91 Å². The molecule has 0 radical (unpaired) electrons. The first-order valence-electron chi connectivity index (χ1n) is 8.41. The zero-order chi connectivity index (χ0) is 16.9. The number of carbonyl (C=O) groups excluding carboxylic acids is 1. The average Bonchev–Trinajstić information content (AvgIpc) is 2.60. The van der Waals surface area contributed by atoms with Crippen LogP contribution >= 0.6 is 0 Å². The Morgan fingerprint density at radius 2 is 1.83 bits per heavy atom. The summed E-state index contributed by atoms with van der Waals surface area (Å²) in [6.07, 6.45) is 1.11. The highest BCUT2D eigenvalue weighted by Gasteiger charge is 2.13. The van der Waals surface area contributed by atoms with Gasteiger partial charge < -0.3 is 14.8 Å². The summed E-state index contributed by atoms with van der Waals surface area (Å²) >= 11 is 0. The van der Waals surface area contributed by atoms with Gasteiger partial charge in [0, 0.05) is 12.1 Å². The van der Waals surface area contributed by atoms with Gasteiger partial charge in [0.1, 0.15) is 13.2 Å². The number of anilines is 1. The first-order valence-corrected chi connectivity index (χ1v) is 8.41. The van der Waals surface area contributed by atoms with Crippen LogP contribution in [0, 0.1) is 0 Å². The van der Waals surface area contributed by atoms with Crippen molar-refractivity contribution < 1.29 is 14.3 Å². The van der Waals surface area contributed by atoms with Crippen molar-refractivity contribution in [3.63, 3.8) is 0 Å². The average molecular weight is 325 g/mol. The van der Waals surface area contributed by atoms with E-state index in [1.807, 2.05) is 36.4 Å². The Morgan fingerprint density at radius 1 is 1.08 bits per heavy atom. The fourth-order valence-corrected chi connectivity index (χ4v) is 2.83. The van der Waals surface area contributed by atoms with E-state index in [0.717, 1.165) is 28.3 Å². The van der Waals surface area contributed by atoms with Crippen LogP contribution in [0.4, 0.5) is 5.69 Å². The molecule has 0 unspecified atom stereocenters. The number of rotatable bonds is 5. The molecule has 0 bridgehead atoms. The van der Waals surface area contributed by atoms with Gasteiger partial charge >= 0.3 is 0 Å². The minimum absolute atomic E-state index is 0.0259. The van der Waals surface area contributed by atoms with Gasteiger partial charge in [-0.2, -0.15) is 0 Å². The minimum atomic E-state index is 0.0259. The molecule has 1 aliphatic rings. The van der Waals surface area contributed by atoms with Crippen molar-refractivity contribution in [2.24, 2.45) is 0 Å². The maximum atomic E-state index is 12.3. The molecule has 0 fully saturated rings. The van der Waals surface area contributed by atoms with Crippen LogP contribution in [0.3, 0.4) is 0 Å². The first-order chi connectivity index (χ1) is 11.6. The molecule has 0 atom stereocenters. The molecule has 0 aromatic heterocycles. The van der Waals surface area contributed by atoms with Gasteiger partial charge in [-0.15, -0.1) is 0 Å². The Labute approximate surface area is 142 Å². The molecule has 1 aliphatic heterocycles. The summed E-state index contributed by atoms with van der Waals surface area (Å²) in [7, 11) is 0. The summed E-state index contributed by atoms with van der Waals surface area (Å²) in [6.45, 7) is 5.41. The summed E-state index contributed by atoms with van der Waals surface area (Å²) in [5.41, 5.74) is 3.14. The van der Waals surface area contributed by atoms with E-state index in [-0.39, 0.29) is 5.91 Å². The largest absolute Gasteiger partial charge is 0.486 e. The highest BCUT2D eigenvalue weighted by Crippen LogP contribution is 2.31. The van der Waals surface area contributed by atoms with Crippen LogP contribution in [-0.4, -0.2) is 19.1 Å². The molecule has 2 aromatic carbocycles. The van der Waals surface area contributed by atoms with Crippen LogP contribution in [0.5, 0.6) is 11.5 Å². The zero-order valence-corrected chi connectivity index (χ0v) is 14.2. The van der Waals surface area contributed by atoms with Gasteiger partial charge in [0.15, 0.2) is 11.5 Å². The molecule has 0 spiro atoms.